The van der Waals surface area contributed by atoms with Crippen molar-refractivity contribution in [3.8, 4) is 0 Å². The molecule has 0 heterocycles. The second-order valence-electron chi connectivity index (χ2n) is 7.28. The van der Waals surface area contributed by atoms with Gasteiger partial charge in [-0.3, -0.25) is 4.79 Å². The molecule has 0 saturated heterocycles. The van der Waals surface area contributed by atoms with Crippen molar-refractivity contribution in [1.82, 2.24) is 0 Å². The molecule has 21 heavy (non-hydrogen) atoms. The maximum Gasteiger partial charge on any atom is 0.230 e. The van der Waals surface area contributed by atoms with Gasteiger partial charge in [0, 0.05) is 6.07 Å². The molecule has 1 amide bonds. The van der Waals surface area contributed by atoms with E-state index in [9.17, 15) is 13.6 Å². The Morgan fingerprint density at radius 2 is 1.62 bits per heavy atom. The van der Waals surface area contributed by atoms with Crippen molar-refractivity contribution in [3.63, 3.8) is 0 Å². The van der Waals surface area contributed by atoms with Gasteiger partial charge in [0.05, 0.1) is 11.1 Å². The fourth-order valence-corrected chi connectivity index (χ4v) is 5.24. The third-order valence-electron chi connectivity index (χ3n) is 5.70. The van der Waals surface area contributed by atoms with Crippen LogP contribution in [0.25, 0.3) is 0 Å². The molecule has 0 spiro atoms. The van der Waals surface area contributed by atoms with E-state index in [4.69, 9.17) is 0 Å². The van der Waals surface area contributed by atoms with E-state index in [1.54, 1.807) is 0 Å². The number of carbonyl (C=O) groups is 1. The van der Waals surface area contributed by atoms with Gasteiger partial charge in [-0.15, -0.1) is 0 Å². The zero-order chi connectivity index (χ0) is 14.6. The number of halogens is 2. The fourth-order valence-electron chi connectivity index (χ4n) is 5.24. The van der Waals surface area contributed by atoms with Crippen molar-refractivity contribution in [3.05, 3.63) is 29.8 Å². The summed E-state index contributed by atoms with van der Waals surface area (Å²) < 4.78 is 27.0. The Bertz CT molecular complexity index is 563. The second kappa shape index (κ2) is 4.52. The Kier molecular flexibility index (Phi) is 2.85. The Morgan fingerprint density at radius 3 is 2.19 bits per heavy atom. The summed E-state index contributed by atoms with van der Waals surface area (Å²) in [6.07, 6.45) is 6.51. The maximum atomic E-state index is 13.7. The van der Waals surface area contributed by atoms with E-state index in [0.29, 0.717) is 17.8 Å². The predicted molar refractivity (Wildman–Crippen MR) is 75.6 cm³/mol. The molecule has 1 N–H and O–H groups in total. The highest BCUT2D eigenvalue weighted by Crippen LogP contribution is 2.60. The Labute approximate surface area is 122 Å². The van der Waals surface area contributed by atoms with E-state index in [1.165, 1.54) is 19.3 Å². The molecular weight excluding hydrogens is 272 g/mol. The molecule has 5 rings (SSSR count). The smallest absolute Gasteiger partial charge is 0.230 e. The number of rotatable bonds is 2. The van der Waals surface area contributed by atoms with Gasteiger partial charge in [0.2, 0.25) is 5.91 Å². The molecule has 2 nitrogen and oxygen atoms in total. The highest BCUT2D eigenvalue weighted by molar-refractivity contribution is 5.95. The summed E-state index contributed by atoms with van der Waals surface area (Å²) in [5.74, 6) is 0.746. The third kappa shape index (κ3) is 2.16. The SMILES string of the molecule is O=C(Nc1cc(F)ccc1F)C12CC3CC(CC(C3)C1)C2. The topological polar surface area (TPSA) is 29.1 Å². The highest BCUT2D eigenvalue weighted by atomic mass is 19.1. The summed E-state index contributed by atoms with van der Waals surface area (Å²) in [6.45, 7) is 0. The highest BCUT2D eigenvalue weighted by Gasteiger charge is 2.54. The molecule has 0 radical (unpaired) electrons. The van der Waals surface area contributed by atoms with E-state index in [2.05, 4.69) is 5.32 Å². The average Bonchev–Trinajstić information content (AvgIpc) is 2.41. The van der Waals surface area contributed by atoms with Gasteiger partial charge >= 0.3 is 0 Å². The number of carbonyl (C=O) groups excluding carboxylic acids is 1. The van der Waals surface area contributed by atoms with Crippen LogP contribution in [0.3, 0.4) is 0 Å². The lowest BCUT2D eigenvalue weighted by Crippen LogP contribution is -2.51. The summed E-state index contributed by atoms with van der Waals surface area (Å²) in [6, 6.07) is 3.19. The fraction of sp³-hybridized carbons (Fsp3) is 0.588. The largest absolute Gasteiger partial charge is 0.323 e. The molecule has 4 fully saturated rings. The van der Waals surface area contributed by atoms with Gasteiger partial charge in [-0.1, -0.05) is 0 Å². The molecule has 112 valence electrons. The summed E-state index contributed by atoms with van der Waals surface area (Å²) in [7, 11) is 0. The van der Waals surface area contributed by atoms with Crippen molar-refractivity contribution < 1.29 is 13.6 Å². The summed E-state index contributed by atoms with van der Waals surface area (Å²) in [4.78, 5) is 12.7. The number of nitrogens with one attached hydrogen (secondary N) is 1. The van der Waals surface area contributed by atoms with E-state index in [1.807, 2.05) is 0 Å². The zero-order valence-electron chi connectivity index (χ0n) is 11.9. The van der Waals surface area contributed by atoms with Gasteiger partial charge in [-0.05, 0) is 68.4 Å². The molecule has 0 unspecified atom stereocenters. The minimum absolute atomic E-state index is 0.0317. The lowest BCUT2D eigenvalue weighted by atomic mass is 9.49. The average molecular weight is 291 g/mol. The van der Waals surface area contributed by atoms with E-state index in [-0.39, 0.29) is 17.0 Å². The van der Waals surface area contributed by atoms with Crippen molar-refractivity contribution in [1.29, 1.82) is 0 Å². The molecule has 1 aromatic rings. The number of benzene rings is 1. The van der Waals surface area contributed by atoms with Gasteiger partial charge in [-0.25, -0.2) is 8.78 Å². The van der Waals surface area contributed by atoms with Crippen molar-refractivity contribution in [2.75, 3.05) is 5.32 Å². The van der Waals surface area contributed by atoms with Gasteiger partial charge < -0.3 is 5.32 Å². The number of amides is 1. The molecule has 4 aliphatic rings. The molecule has 0 aliphatic heterocycles. The number of anilines is 1. The second-order valence-corrected chi connectivity index (χ2v) is 7.28. The molecule has 4 bridgehead atoms. The van der Waals surface area contributed by atoms with Gasteiger partial charge in [-0.2, -0.15) is 0 Å². The molecule has 0 aromatic heterocycles. The van der Waals surface area contributed by atoms with Crippen LogP contribution in [0.1, 0.15) is 38.5 Å². The van der Waals surface area contributed by atoms with Crippen LogP contribution in [0.15, 0.2) is 18.2 Å². The molecule has 4 aliphatic carbocycles. The van der Waals surface area contributed by atoms with E-state index in [0.717, 1.165) is 37.5 Å². The standard InChI is InChI=1S/C17H19F2NO/c18-13-1-2-14(19)15(6-13)20-16(21)17-7-10-3-11(8-17)5-12(4-10)9-17/h1-2,6,10-12H,3-5,7-9H2,(H,20,21). The molecular formula is C17H19F2NO. The first kappa shape index (κ1) is 13.2. The van der Waals surface area contributed by atoms with Crippen LogP contribution in [0.2, 0.25) is 0 Å². The minimum atomic E-state index is -0.575. The molecule has 0 atom stereocenters. The maximum absolute atomic E-state index is 13.7. The number of hydrogen-bond donors (Lipinski definition) is 1. The van der Waals surface area contributed by atoms with Crippen LogP contribution in [0.5, 0.6) is 0 Å². The normalized spacial score (nSPS) is 36.8. The Morgan fingerprint density at radius 1 is 1.05 bits per heavy atom. The van der Waals surface area contributed by atoms with Gasteiger partial charge in [0.25, 0.3) is 0 Å². The Hall–Kier alpha value is -1.45. The molecule has 4 heteroatoms. The van der Waals surface area contributed by atoms with Crippen LogP contribution < -0.4 is 5.32 Å². The van der Waals surface area contributed by atoms with Crippen molar-refractivity contribution in [2.24, 2.45) is 23.2 Å². The van der Waals surface area contributed by atoms with Crippen molar-refractivity contribution >= 4 is 11.6 Å². The lowest BCUT2D eigenvalue weighted by molar-refractivity contribution is -0.140. The first-order valence-corrected chi connectivity index (χ1v) is 7.81. The lowest BCUT2D eigenvalue weighted by Gasteiger charge is -2.55. The van der Waals surface area contributed by atoms with E-state index < -0.39 is 11.6 Å². The third-order valence-corrected chi connectivity index (χ3v) is 5.70. The summed E-state index contributed by atoms with van der Waals surface area (Å²) in [5, 5.41) is 2.65. The molecule has 1 aromatic carbocycles. The zero-order valence-corrected chi connectivity index (χ0v) is 11.9. The molecule has 4 saturated carbocycles. The Balaban J connectivity index is 1.59. The monoisotopic (exact) mass is 291 g/mol. The van der Waals surface area contributed by atoms with Crippen molar-refractivity contribution in [2.45, 2.75) is 38.5 Å². The minimum Gasteiger partial charge on any atom is -0.323 e. The van der Waals surface area contributed by atoms with Gasteiger partial charge in [0.1, 0.15) is 11.6 Å². The first-order chi connectivity index (χ1) is 10.0. The van der Waals surface area contributed by atoms with Crippen LogP contribution in [-0.4, -0.2) is 5.91 Å². The van der Waals surface area contributed by atoms with Crippen LogP contribution >= 0.6 is 0 Å². The van der Waals surface area contributed by atoms with Crippen LogP contribution in [0.4, 0.5) is 14.5 Å². The summed E-state index contributed by atoms with van der Waals surface area (Å²) in [5.41, 5.74) is -0.371. The summed E-state index contributed by atoms with van der Waals surface area (Å²) >= 11 is 0. The quantitative estimate of drug-likeness (QED) is 0.872. The van der Waals surface area contributed by atoms with E-state index >= 15 is 0 Å². The number of hydrogen-bond acceptors (Lipinski definition) is 1. The van der Waals surface area contributed by atoms with Gasteiger partial charge in [0.15, 0.2) is 0 Å². The van der Waals surface area contributed by atoms with Crippen LogP contribution in [-0.2, 0) is 4.79 Å². The van der Waals surface area contributed by atoms with Crippen LogP contribution in [0, 0.1) is 34.8 Å². The first-order valence-electron chi connectivity index (χ1n) is 7.81. The predicted octanol–water partition coefficient (Wildman–Crippen LogP) is 4.12.